The van der Waals surface area contributed by atoms with Crippen molar-refractivity contribution in [1.29, 1.82) is 0 Å². The van der Waals surface area contributed by atoms with E-state index in [1.807, 2.05) is 0 Å². The Kier molecular flexibility index (Phi) is 3.47. The first-order valence-corrected chi connectivity index (χ1v) is 7.50. The highest BCUT2D eigenvalue weighted by Crippen LogP contribution is 2.67. The molecule has 0 aliphatic heterocycles. The molecule has 10 heteroatoms. The molecule has 0 amide bonds. The molecule has 0 aliphatic carbocycles. The lowest BCUT2D eigenvalue weighted by Crippen LogP contribution is -2.33. The highest BCUT2D eigenvalue weighted by molar-refractivity contribution is 7.77. The van der Waals surface area contributed by atoms with Gasteiger partial charge in [-0.05, 0) is 6.30 Å². The average molecular weight is 270 g/mol. The van der Waals surface area contributed by atoms with Gasteiger partial charge in [-0.15, -0.1) is 0 Å². The molecule has 1 unspecified atom stereocenters. The second-order valence-corrected chi connectivity index (χ2v) is 7.67. The van der Waals surface area contributed by atoms with Crippen LogP contribution in [0.1, 0.15) is 0 Å². The molecule has 1 rings (SSSR count). The first-order chi connectivity index (χ1) is 7.08. The summed E-state index contributed by atoms with van der Waals surface area (Å²) in [5.74, 6) is 0. The molecule has 0 aliphatic rings. The van der Waals surface area contributed by atoms with Crippen LogP contribution in [0, 0.1) is 0 Å². The first kappa shape index (κ1) is 13.6. The normalized spacial score (nSPS) is 17.1. The Labute approximate surface area is 91.1 Å². The van der Waals surface area contributed by atoms with Crippen molar-refractivity contribution in [2.24, 2.45) is 0 Å². The van der Waals surface area contributed by atoms with Crippen LogP contribution in [0.15, 0.2) is 18.7 Å². The summed E-state index contributed by atoms with van der Waals surface area (Å²) in [4.78, 5) is 40.0. The highest BCUT2D eigenvalue weighted by atomic mass is 31.2. The van der Waals surface area contributed by atoms with Gasteiger partial charge in [-0.3, -0.25) is 4.57 Å². The third-order valence-corrected chi connectivity index (χ3v) is 6.10. The van der Waals surface area contributed by atoms with Crippen molar-refractivity contribution < 1.29 is 29.2 Å². The van der Waals surface area contributed by atoms with E-state index in [1.165, 1.54) is 18.7 Å². The van der Waals surface area contributed by atoms with Gasteiger partial charge in [0.15, 0.2) is 7.34 Å². The van der Waals surface area contributed by atoms with Gasteiger partial charge in [-0.25, -0.2) is 4.98 Å². The molecule has 0 aromatic carbocycles. The molecule has 0 radical (unpaired) electrons. The Balaban J connectivity index is 3.18. The van der Waals surface area contributed by atoms with Gasteiger partial charge in [-0.1, -0.05) is 0 Å². The summed E-state index contributed by atoms with van der Waals surface area (Å²) in [7, 11) is -9.56. The van der Waals surface area contributed by atoms with Gasteiger partial charge in [0.05, 0.1) is 12.9 Å². The van der Waals surface area contributed by atoms with E-state index in [1.54, 1.807) is 0 Å². The second-order valence-electron chi connectivity index (χ2n) is 3.28. The van der Waals surface area contributed by atoms with Crippen molar-refractivity contribution in [3.05, 3.63) is 18.7 Å². The molecule has 0 bridgehead atoms. The van der Waals surface area contributed by atoms with E-state index < -0.39 is 26.6 Å². The average Bonchev–Trinajstić information content (AvgIpc) is 2.52. The van der Waals surface area contributed by atoms with Gasteiger partial charge in [0, 0.05) is 12.4 Å². The van der Waals surface area contributed by atoms with Gasteiger partial charge in [0.2, 0.25) is 5.08 Å². The number of imidazole rings is 1. The molecule has 0 saturated carbocycles. The number of aliphatic hydroxyl groups is 1. The Morgan fingerprint density at radius 3 is 2.25 bits per heavy atom. The quantitative estimate of drug-likeness (QED) is 0.441. The minimum Gasteiger partial charge on any atom is -0.369 e. The smallest absolute Gasteiger partial charge is 0.367 e. The van der Waals surface area contributed by atoms with Crippen molar-refractivity contribution in [2.45, 2.75) is 11.6 Å². The van der Waals surface area contributed by atoms with E-state index in [9.17, 15) is 19.5 Å². The topological polar surface area (TPSA) is 136 Å². The molecule has 0 spiro atoms. The number of hydrogen-bond donors (Lipinski definition) is 5. The van der Waals surface area contributed by atoms with E-state index in [0.717, 1.165) is 4.57 Å². The predicted molar refractivity (Wildman–Crippen MR) is 57.7 cm³/mol. The van der Waals surface area contributed by atoms with Crippen molar-refractivity contribution >= 4 is 21.2 Å². The van der Waals surface area contributed by atoms with Gasteiger partial charge in [0.25, 0.3) is 0 Å². The van der Waals surface area contributed by atoms with E-state index in [0.29, 0.717) is 0 Å². The van der Waals surface area contributed by atoms with Gasteiger partial charge in [-0.2, -0.15) is 0 Å². The maximum Gasteiger partial charge on any atom is 0.367 e. The summed E-state index contributed by atoms with van der Waals surface area (Å²) in [5, 5.41) is 6.73. The van der Waals surface area contributed by atoms with E-state index >= 15 is 0 Å². The van der Waals surface area contributed by atoms with E-state index in [4.69, 9.17) is 9.79 Å². The van der Waals surface area contributed by atoms with Gasteiger partial charge in [0.1, 0.15) is 0 Å². The Morgan fingerprint density at radius 1 is 1.38 bits per heavy atom. The molecule has 5 N–H and O–H groups in total. The fourth-order valence-electron chi connectivity index (χ4n) is 1.04. The second kappa shape index (κ2) is 4.09. The fourth-order valence-corrected chi connectivity index (χ4v) is 3.45. The summed E-state index contributed by atoms with van der Waals surface area (Å²) >= 11 is 0. The van der Waals surface area contributed by atoms with E-state index in [-0.39, 0.29) is 0 Å². The van der Waals surface area contributed by atoms with Crippen LogP contribution in [0.25, 0.3) is 0 Å². The number of aromatic nitrogens is 2. The maximum absolute atomic E-state index is 11.1. The number of hydrogen-bond acceptors (Lipinski definition) is 5. The molecule has 0 saturated heterocycles. The Bertz CT molecular complexity index is 424. The Hall–Kier alpha value is -0.460. The van der Waals surface area contributed by atoms with Crippen LogP contribution in [0.3, 0.4) is 0 Å². The van der Waals surface area contributed by atoms with Gasteiger partial charge >= 0.3 is 7.60 Å². The summed E-state index contributed by atoms with van der Waals surface area (Å²) < 4.78 is 12.2. The summed E-state index contributed by atoms with van der Waals surface area (Å²) in [6, 6.07) is 0. The lowest BCUT2D eigenvalue weighted by molar-refractivity contribution is 0.129. The minimum atomic E-state index is -5.16. The van der Waals surface area contributed by atoms with Crippen LogP contribution in [0.5, 0.6) is 0 Å². The highest BCUT2D eigenvalue weighted by Gasteiger charge is 2.54. The van der Waals surface area contributed by atoms with Crippen molar-refractivity contribution in [3.8, 4) is 0 Å². The van der Waals surface area contributed by atoms with Crippen LogP contribution in [0.4, 0.5) is 0 Å². The Morgan fingerprint density at radius 2 is 1.94 bits per heavy atom. The molecule has 16 heavy (non-hydrogen) atoms. The fraction of sp³-hybridized carbons (Fsp3) is 0.333. The molecule has 1 aromatic heterocycles. The SMILES string of the molecule is C=P(O)(O)C(O)(Cn1ccnc1)P(=O)(O)O. The lowest BCUT2D eigenvalue weighted by Gasteiger charge is -2.33. The van der Waals surface area contributed by atoms with Crippen molar-refractivity contribution in [1.82, 2.24) is 9.55 Å². The van der Waals surface area contributed by atoms with Crippen LogP contribution in [-0.2, 0) is 11.1 Å². The van der Waals surface area contributed by atoms with Crippen LogP contribution >= 0.6 is 14.9 Å². The zero-order valence-corrected chi connectivity index (χ0v) is 9.87. The minimum absolute atomic E-state index is 0.707. The monoisotopic (exact) mass is 270 g/mol. The summed E-state index contributed by atoms with van der Waals surface area (Å²) in [6.45, 7) is -0.707. The molecule has 92 valence electrons. The van der Waals surface area contributed by atoms with Crippen molar-refractivity contribution in [2.75, 3.05) is 0 Å². The maximum atomic E-state index is 11.1. The van der Waals surface area contributed by atoms with Gasteiger partial charge < -0.3 is 29.2 Å². The zero-order valence-electron chi connectivity index (χ0n) is 8.08. The molecular formula is C6H12N2O6P2. The molecule has 0 fully saturated rings. The standard InChI is InChI=1S/C6H12N2O6P2/c1-15(10,11)6(9,16(12,13)14)4-8-3-2-7-5-8/h2-3,5,9-11H,1,4H2,(H2,12,13,14). The molecule has 8 nitrogen and oxygen atoms in total. The van der Waals surface area contributed by atoms with E-state index in [2.05, 4.69) is 11.3 Å². The number of rotatable bonds is 4. The third-order valence-electron chi connectivity index (χ3n) is 1.99. The summed E-state index contributed by atoms with van der Waals surface area (Å²) in [6.07, 6.45) is 6.65. The predicted octanol–water partition coefficient (Wildman–Crippen LogP) is -1.03. The summed E-state index contributed by atoms with van der Waals surface area (Å²) in [5.41, 5.74) is 0. The third kappa shape index (κ3) is 2.44. The lowest BCUT2D eigenvalue weighted by atomic mass is 10.6. The van der Waals surface area contributed by atoms with Crippen LogP contribution in [0.2, 0.25) is 0 Å². The molecule has 1 atom stereocenters. The van der Waals surface area contributed by atoms with Crippen molar-refractivity contribution in [3.63, 3.8) is 0 Å². The molecule has 1 heterocycles. The van der Waals surface area contributed by atoms with Crippen LogP contribution < -0.4 is 0 Å². The largest absolute Gasteiger partial charge is 0.369 e. The zero-order chi connectivity index (χ0) is 12.6. The molecule has 1 aromatic rings. The van der Waals surface area contributed by atoms with Crippen LogP contribution in [-0.4, -0.2) is 45.6 Å². The first-order valence-electron chi connectivity index (χ1n) is 4.01. The molecular weight excluding hydrogens is 258 g/mol. The number of nitrogens with zero attached hydrogens (tertiary/aromatic N) is 2.